The second-order valence-corrected chi connectivity index (χ2v) is 1.36. The van der Waals surface area contributed by atoms with Gasteiger partial charge in [0.25, 0.3) is 5.91 Å². The molecule has 0 aromatic carbocycles. The molecule has 0 aromatic rings. The molecule has 1 heterocycles. The van der Waals surface area contributed by atoms with E-state index < -0.39 is 6.17 Å². The predicted octanol–water partition coefficient (Wildman–Crippen LogP) is -1.05. The molecule has 4 nitrogen and oxygen atoms in total. The standard InChI is InChI=1S/C4H5N3O/c5-3-4(8)7-2-1-6-3/h1-3H,5H2/t3-/m1/s1. The summed E-state index contributed by atoms with van der Waals surface area (Å²) in [6, 6.07) is 0. The molecule has 1 aliphatic heterocycles. The van der Waals surface area contributed by atoms with Crippen molar-refractivity contribution < 1.29 is 4.79 Å². The average Bonchev–Trinajstić information content (AvgIpc) is 1.77. The van der Waals surface area contributed by atoms with Crippen molar-refractivity contribution in [1.82, 2.24) is 0 Å². The van der Waals surface area contributed by atoms with Crippen LogP contribution in [-0.2, 0) is 4.79 Å². The largest absolute Gasteiger partial charge is 0.302 e. The molecular formula is C4H5N3O. The summed E-state index contributed by atoms with van der Waals surface area (Å²) in [6.45, 7) is 0. The summed E-state index contributed by atoms with van der Waals surface area (Å²) in [6.07, 6.45) is 1.97. The zero-order valence-electron chi connectivity index (χ0n) is 4.11. The summed E-state index contributed by atoms with van der Waals surface area (Å²) < 4.78 is 0. The molecule has 1 atom stereocenters. The van der Waals surface area contributed by atoms with E-state index in [4.69, 9.17) is 5.73 Å². The molecule has 0 saturated carbocycles. The van der Waals surface area contributed by atoms with Gasteiger partial charge in [0.15, 0.2) is 6.17 Å². The molecule has 1 aliphatic rings. The third-order valence-electron chi connectivity index (χ3n) is 0.768. The van der Waals surface area contributed by atoms with Crippen LogP contribution in [0.2, 0.25) is 0 Å². The van der Waals surface area contributed by atoms with Crippen LogP contribution < -0.4 is 5.73 Å². The van der Waals surface area contributed by atoms with Gasteiger partial charge in [-0.1, -0.05) is 0 Å². The lowest BCUT2D eigenvalue weighted by atomic mass is 10.4. The van der Waals surface area contributed by atoms with E-state index in [1.54, 1.807) is 0 Å². The van der Waals surface area contributed by atoms with Crippen LogP contribution in [0.3, 0.4) is 0 Å². The van der Waals surface area contributed by atoms with E-state index in [1.807, 2.05) is 0 Å². The zero-order valence-corrected chi connectivity index (χ0v) is 4.11. The molecule has 8 heavy (non-hydrogen) atoms. The number of nitrogens with two attached hydrogens (primary N) is 1. The highest BCUT2D eigenvalue weighted by Crippen LogP contribution is 1.87. The van der Waals surface area contributed by atoms with Gasteiger partial charge in [0, 0.05) is 12.4 Å². The van der Waals surface area contributed by atoms with E-state index in [0.717, 1.165) is 0 Å². The SMILES string of the molecule is N[C@@H]1N=CC=NC1=O. The van der Waals surface area contributed by atoms with E-state index in [1.165, 1.54) is 12.4 Å². The van der Waals surface area contributed by atoms with E-state index in [9.17, 15) is 4.79 Å². The Labute approximate surface area is 46.1 Å². The molecule has 1 amide bonds. The van der Waals surface area contributed by atoms with Crippen molar-refractivity contribution >= 4 is 18.3 Å². The lowest BCUT2D eigenvalue weighted by molar-refractivity contribution is -0.118. The lowest BCUT2D eigenvalue weighted by Crippen LogP contribution is -2.29. The van der Waals surface area contributed by atoms with Crippen molar-refractivity contribution in [2.75, 3.05) is 0 Å². The van der Waals surface area contributed by atoms with Crippen LogP contribution in [0.25, 0.3) is 0 Å². The summed E-state index contributed by atoms with van der Waals surface area (Å²) in [5.74, 6) is -0.382. The van der Waals surface area contributed by atoms with Crippen molar-refractivity contribution in [1.29, 1.82) is 0 Å². The molecule has 0 aromatic heterocycles. The minimum Gasteiger partial charge on any atom is -0.302 e. The van der Waals surface area contributed by atoms with Crippen molar-refractivity contribution in [3.63, 3.8) is 0 Å². The van der Waals surface area contributed by atoms with Gasteiger partial charge in [-0.2, -0.15) is 0 Å². The van der Waals surface area contributed by atoms with Crippen LogP contribution in [0.1, 0.15) is 0 Å². The highest BCUT2D eigenvalue weighted by atomic mass is 16.2. The zero-order chi connectivity index (χ0) is 5.98. The Balaban J connectivity index is 2.74. The highest BCUT2D eigenvalue weighted by molar-refractivity contribution is 6.21. The maximum absolute atomic E-state index is 10.4. The first-order valence-corrected chi connectivity index (χ1v) is 2.16. The van der Waals surface area contributed by atoms with E-state index >= 15 is 0 Å². The highest BCUT2D eigenvalue weighted by Gasteiger charge is 2.09. The molecule has 0 fully saturated rings. The van der Waals surface area contributed by atoms with E-state index in [2.05, 4.69) is 9.98 Å². The van der Waals surface area contributed by atoms with Crippen LogP contribution >= 0.6 is 0 Å². The minimum atomic E-state index is -0.764. The van der Waals surface area contributed by atoms with Gasteiger partial charge in [-0.05, 0) is 0 Å². The molecule has 0 unspecified atom stereocenters. The molecule has 1 rings (SSSR count). The van der Waals surface area contributed by atoms with Gasteiger partial charge in [-0.3, -0.25) is 9.79 Å². The van der Waals surface area contributed by atoms with Gasteiger partial charge < -0.3 is 5.73 Å². The van der Waals surface area contributed by atoms with E-state index in [0.29, 0.717) is 0 Å². The van der Waals surface area contributed by atoms with Crippen LogP contribution in [0.5, 0.6) is 0 Å². The van der Waals surface area contributed by atoms with Crippen molar-refractivity contribution in [2.45, 2.75) is 6.17 Å². The Hall–Kier alpha value is -1.03. The number of hydrogen-bond donors (Lipinski definition) is 1. The van der Waals surface area contributed by atoms with Gasteiger partial charge in [0.1, 0.15) is 0 Å². The number of carbonyl (C=O) groups is 1. The molecule has 0 radical (unpaired) electrons. The van der Waals surface area contributed by atoms with Crippen LogP contribution in [0, 0.1) is 0 Å². The van der Waals surface area contributed by atoms with Gasteiger partial charge in [0.05, 0.1) is 0 Å². The van der Waals surface area contributed by atoms with Gasteiger partial charge in [0.2, 0.25) is 0 Å². The topological polar surface area (TPSA) is 67.8 Å². The number of rotatable bonds is 0. The van der Waals surface area contributed by atoms with Gasteiger partial charge in [-0.15, -0.1) is 0 Å². The number of amides is 1. The lowest BCUT2D eigenvalue weighted by Gasteiger charge is -2.00. The third-order valence-corrected chi connectivity index (χ3v) is 0.768. The van der Waals surface area contributed by atoms with Crippen molar-refractivity contribution in [3.05, 3.63) is 0 Å². The Bertz CT molecular complexity index is 161. The molecule has 0 aliphatic carbocycles. The Morgan fingerprint density at radius 1 is 1.62 bits per heavy atom. The Morgan fingerprint density at radius 3 is 2.75 bits per heavy atom. The Morgan fingerprint density at radius 2 is 2.38 bits per heavy atom. The summed E-state index contributed by atoms with van der Waals surface area (Å²) in [4.78, 5) is 17.3. The van der Waals surface area contributed by atoms with Crippen LogP contribution in [0.15, 0.2) is 9.98 Å². The first kappa shape index (κ1) is 5.11. The summed E-state index contributed by atoms with van der Waals surface area (Å²) in [7, 11) is 0. The summed E-state index contributed by atoms with van der Waals surface area (Å²) >= 11 is 0. The van der Waals surface area contributed by atoms with Gasteiger partial charge in [-0.25, -0.2) is 4.99 Å². The van der Waals surface area contributed by atoms with Gasteiger partial charge >= 0.3 is 0 Å². The summed E-state index contributed by atoms with van der Waals surface area (Å²) in [5, 5.41) is 0. The molecule has 4 heteroatoms. The maximum atomic E-state index is 10.4. The monoisotopic (exact) mass is 111 g/mol. The van der Waals surface area contributed by atoms with E-state index in [-0.39, 0.29) is 5.91 Å². The fourth-order valence-corrected chi connectivity index (χ4v) is 0.378. The normalized spacial score (nSPS) is 26.6. The summed E-state index contributed by atoms with van der Waals surface area (Å²) in [5.41, 5.74) is 5.12. The number of hydrogen-bond acceptors (Lipinski definition) is 3. The van der Waals surface area contributed by atoms with Crippen molar-refractivity contribution in [3.8, 4) is 0 Å². The van der Waals surface area contributed by atoms with Crippen LogP contribution in [-0.4, -0.2) is 24.5 Å². The number of nitrogens with zero attached hydrogens (tertiary/aromatic N) is 2. The molecule has 2 N–H and O–H groups in total. The maximum Gasteiger partial charge on any atom is 0.284 e. The fraction of sp³-hybridized carbons (Fsp3) is 0.250. The first-order valence-electron chi connectivity index (χ1n) is 2.16. The second kappa shape index (κ2) is 1.83. The van der Waals surface area contributed by atoms with Crippen molar-refractivity contribution in [2.24, 2.45) is 15.7 Å². The molecule has 0 spiro atoms. The molecule has 0 saturated heterocycles. The third kappa shape index (κ3) is 0.788. The predicted molar refractivity (Wildman–Crippen MR) is 30.0 cm³/mol. The second-order valence-electron chi connectivity index (χ2n) is 1.36. The molecule has 0 bridgehead atoms. The average molecular weight is 111 g/mol. The van der Waals surface area contributed by atoms with Crippen LogP contribution in [0.4, 0.5) is 0 Å². The minimum absolute atomic E-state index is 0.382. The molecular weight excluding hydrogens is 106 g/mol. The Kier molecular flexibility index (Phi) is 1.17. The first-order chi connectivity index (χ1) is 3.80. The smallest absolute Gasteiger partial charge is 0.284 e. The fourth-order valence-electron chi connectivity index (χ4n) is 0.378. The number of carbonyl (C=O) groups excluding carboxylic acids is 1. The number of aliphatic imine (C=N–C) groups is 2. The quantitative estimate of drug-likeness (QED) is 0.433. The molecule has 42 valence electrons.